The van der Waals surface area contributed by atoms with Crippen molar-refractivity contribution in [2.75, 3.05) is 60.8 Å². The van der Waals surface area contributed by atoms with Crippen molar-refractivity contribution in [1.29, 1.82) is 0 Å². The predicted octanol–water partition coefficient (Wildman–Crippen LogP) is 2.63. The Morgan fingerprint density at radius 1 is 0.871 bits per heavy atom. The lowest BCUT2D eigenvalue weighted by Crippen LogP contribution is -2.20. The molecule has 0 atom stereocenters. The van der Waals surface area contributed by atoms with E-state index in [4.69, 9.17) is 18.9 Å². The highest BCUT2D eigenvalue weighted by molar-refractivity contribution is 6.12. The first-order chi connectivity index (χ1) is 15.0. The minimum Gasteiger partial charge on any atom is -0.461 e. The molecule has 0 radical (unpaired) electrons. The van der Waals surface area contributed by atoms with Crippen LogP contribution in [0.4, 0.5) is 0 Å². The Morgan fingerprint density at radius 2 is 1.61 bits per heavy atom. The lowest BCUT2D eigenvalue weighted by Gasteiger charge is -2.10. The Morgan fingerprint density at radius 3 is 2.39 bits per heavy atom. The van der Waals surface area contributed by atoms with E-state index in [0.29, 0.717) is 49.6 Å². The van der Waals surface area contributed by atoms with Gasteiger partial charge in [-0.05, 0) is 32.3 Å². The minimum absolute atomic E-state index is 0.149. The molecular weight excluding hydrogens is 400 g/mol. The van der Waals surface area contributed by atoms with E-state index in [9.17, 15) is 9.59 Å². The fourth-order valence-electron chi connectivity index (χ4n) is 3.19. The number of pyridine rings is 1. The largest absolute Gasteiger partial charge is 0.461 e. The van der Waals surface area contributed by atoms with Gasteiger partial charge < -0.3 is 28.2 Å². The number of methoxy groups -OCH3 is 1. The summed E-state index contributed by atoms with van der Waals surface area (Å²) in [6.07, 6.45) is 1.68. The number of nitrogens with zero attached hydrogens (tertiary/aromatic N) is 2. The van der Waals surface area contributed by atoms with E-state index in [1.54, 1.807) is 25.4 Å². The quantitative estimate of drug-likeness (QED) is 0.343. The molecule has 0 amide bonds. The monoisotopic (exact) mass is 428 g/mol. The van der Waals surface area contributed by atoms with Crippen LogP contribution in [0.2, 0.25) is 0 Å². The van der Waals surface area contributed by atoms with Crippen LogP contribution in [0.15, 0.2) is 42.6 Å². The van der Waals surface area contributed by atoms with Crippen LogP contribution < -0.4 is 0 Å². The summed E-state index contributed by atoms with van der Waals surface area (Å²) < 4.78 is 22.8. The van der Waals surface area contributed by atoms with Crippen LogP contribution in [-0.2, 0) is 18.9 Å². The van der Waals surface area contributed by atoms with Crippen LogP contribution in [0.3, 0.4) is 0 Å². The van der Waals surface area contributed by atoms with E-state index in [2.05, 4.69) is 0 Å². The summed E-state index contributed by atoms with van der Waals surface area (Å²) in [5.74, 6) is -0.839. The van der Waals surface area contributed by atoms with E-state index in [1.807, 2.05) is 47.7 Å². The molecule has 0 fully saturated rings. The van der Waals surface area contributed by atoms with E-state index in [0.717, 1.165) is 10.9 Å². The lowest BCUT2D eigenvalue weighted by atomic mass is 10.1. The van der Waals surface area contributed by atoms with Crippen molar-refractivity contribution in [2.24, 2.45) is 0 Å². The molecule has 31 heavy (non-hydrogen) atoms. The standard InChI is InChI=1S/C23H28N2O6/c1-24(2)10-11-30-23(27)21-18-6-4-5-7-19(18)25-16-17(8-9-20(21)25)22(26)31-15-14-29-13-12-28-3/h4-9,16H,10-15H2,1-3H3. The Balaban J connectivity index is 1.80. The van der Waals surface area contributed by atoms with E-state index >= 15 is 0 Å². The number of likely N-dealkylation sites (N-methyl/N-ethyl adjacent to an activating group) is 1. The zero-order valence-electron chi connectivity index (χ0n) is 18.1. The van der Waals surface area contributed by atoms with Gasteiger partial charge in [-0.1, -0.05) is 18.2 Å². The van der Waals surface area contributed by atoms with Gasteiger partial charge in [0, 0.05) is 25.2 Å². The number of carbonyl (C=O) groups excluding carboxylic acids is 2. The third kappa shape index (κ3) is 5.61. The summed E-state index contributed by atoms with van der Waals surface area (Å²) in [7, 11) is 5.44. The van der Waals surface area contributed by atoms with Gasteiger partial charge in [0.25, 0.3) is 0 Å². The molecule has 0 unspecified atom stereocenters. The number of fused-ring (bicyclic) bond motifs is 3. The Kier molecular flexibility index (Phi) is 8.00. The summed E-state index contributed by atoms with van der Waals surface area (Å²) in [5.41, 5.74) is 2.36. The fourth-order valence-corrected chi connectivity index (χ4v) is 3.19. The SMILES string of the molecule is COCCOCCOC(=O)c1ccc2c(C(=O)OCCN(C)C)c3ccccc3n2c1. The van der Waals surface area contributed by atoms with Crippen molar-refractivity contribution in [3.8, 4) is 0 Å². The summed E-state index contributed by atoms with van der Waals surface area (Å²) in [6, 6.07) is 10.9. The molecule has 166 valence electrons. The third-order valence-electron chi connectivity index (χ3n) is 4.74. The Labute approximate surface area is 181 Å². The van der Waals surface area contributed by atoms with Gasteiger partial charge in [0.15, 0.2) is 0 Å². The first-order valence-corrected chi connectivity index (χ1v) is 10.1. The molecule has 3 rings (SSSR count). The smallest absolute Gasteiger partial charge is 0.341 e. The molecule has 0 N–H and O–H groups in total. The van der Waals surface area contributed by atoms with Crippen LogP contribution >= 0.6 is 0 Å². The van der Waals surface area contributed by atoms with Gasteiger partial charge >= 0.3 is 11.9 Å². The van der Waals surface area contributed by atoms with Gasteiger partial charge in [-0.25, -0.2) is 9.59 Å². The number of ether oxygens (including phenoxy) is 4. The minimum atomic E-state index is -0.454. The zero-order chi connectivity index (χ0) is 22.2. The Bertz CT molecular complexity index is 1040. The van der Waals surface area contributed by atoms with Crippen LogP contribution in [0, 0.1) is 0 Å². The summed E-state index contributed by atoms with van der Waals surface area (Å²) in [5, 5.41) is 0.773. The number of esters is 2. The van der Waals surface area contributed by atoms with Crippen molar-refractivity contribution in [3.05, 3.63) is 53.7 Å². The molecule has 3 aromatic rings. The maximum absolute atomic E-state index is 12.8. The zero-order valence-corrected chi connectivity index (χ0v) is 18.1. The second-order valence-corrected chi connectivity index (χ2v) is 7.25. The summed E-state index contributed by atoms with van der Waals surface area (Å²) in [6.45, 7) is 2.33. The topological polar surface area (TPSA) is 78.7 Å². The predicted molar refractivity (Wildman–Crippen MR) is 117 cm³/mol. The number of para-hydroxylation sites is 1. The average Bonchev–Trinajstić information content (AvgIpc) is 3.09. The van der Waals surface area contributed by atoms with Crippen molar-refractivity contribution in [1.82, 2.24) is 9.30 Å². The number of aromatic nitrogens is 1. The third-order valence-corrected chi connectivity index (χ3v) is 4.74. The molecular formula is C23H28N2O6. The number of benzene rings is 1. The highest BCUT2D eigenvalue weighted by atomic mass is 16.6. The van der Waals surface area contributed by atoms with Gasteiger partial charge in [-0.3, -0.25) is 0 Å². The molecule has 1 aromatic carbocycles. The average molecular weight is 428 g/mol. The molecule has 0 aliphatic heterocycles. The lowest BCUT2D eigenvalue weighted by molar-refractivity contribution is 0.0213. The molecule has 0 bridgehead atoms. The number of hydrogen-bond acceptors (Lipinski definition) is 7. The van der Waals surface area contributed by atoms with Gasteiger partial charge in [0.1, 0.15) is 13.2 Å². The molecule has 0 aliphatic carbocycles. The number of hydrogen-bond donors (Lipinski definition) is 0. The molecule has 2 aromatic heterocycles. The van der Waals surface area contributed by atoms with Crippen molar-refractivity contribution >= 4 is 28.4 Å². The van der Waals surface area contributed by atoms with Crippen molar-refractivity contribution in [3.63, 3.8) is 0 Å². The molecule has 0 saturated carbocycles. The Hall–Kier alpha value is -2.94. The first kappa shape index (κ1) is 22.7. The van der Waals surface area contributed by atoms with Crippen molar-refractivity contribution in [2.45, 2.75) is 0 Å². The maximum Gasteiger partial charge on any atom is 0.341 e. The first-order valence-electron chi connectivity index (χ1n) is 10.1. The van der Waals surface area contributed by atoms with Gasteiger partial charge in [-0.15, -0.1) is 0 Å². The van der Waals surface area contributed by atoms with Gasteiger partial charge in [0.2, 0.25) is 0 Å². The van der Waals surface area contributed by atoms with Crippen LogP contribution in [-0.4, -0.2) is 82.0 Å². The number of carbonyl (C=O) groups is 2. The summed E-state index contributed by atoms with van der Waals surface area (Å²) >= 11 is 0. The second kappa shape index (κ2) is 10.9. The number of rotatable bonds is 11. The molecule has 0 aliphatic rings. The molecule has 8 heteroatoms. The van der Waals surface area contributed by atoms with E-state index in [1.165, 1.54) is 0 Å². The molecule has 8 nitrogen and oxygen atoms in total. The fraction of sp³-hybridized carbons (Fsp3) is 0.391. The van der Waals surface area contributed by atoms with E-state index in [-0.39, 0.29) is 12.6 Å². The van der Waals surface area contributed by atoms with Crippen LogP contribution in [0.1, 0.15) is 20.7 Å². The van der Waals surface area contributed by atoms with Crippen LogP contribution in [0.5, 0.6) is 0 Å². The highest BCUT2D eigenvalue weighted by Crippen LogP contribution is 2.28. The molecule has 0 saturated heterocycles. The normalized spacial score (nSPS) is 11.4. The molecule has 0 spiro atoms. The molecule has 2 heterocycles. The van der Waals surface area contributed by atoms with Gasteiger partial charge in [0.05, 0.1) is 42.0 Å². The maximum atomic E-state index is 12.8. The summed E-state index contributed by atoms with van der Waals surface area (Å²) in [4.78, 5) is 27.2. The van der Waals surface area contributed by atoms with Crippen LogP contribution in [0.25, 0.3) is 16.4 Å². The highest BCUT2D eigenvalue weighted by Gasteiger charge is 2.20. The van der Waals surface area contributed by atoms with Gasteiger partial charge in [-0.2, -0.15) is 0 Å². The second-order valence-electron chi connectivity index (χ2n) is 7.25. The van der Waals surface area contributed by atoms with Crippen molar-refractivity contribution < 1.29 is 28.5 Å². The van der Waals surface area contributed by atoms with E-state index < -0.39 is 5.97 Å².